The van der Waals surface area contributed by atoms with Gasteiger partial charge in [0.05, 0.1) is 6.42 Å². The molecule has 0 aliphatic carbocycles. The highest BCUT2D eigenvalue weighted by Gasteiger charge is 2.54. The van der Waals surface area contributed by atoms with Gasteiger partial charge in [0.2, 0.25) is 12.3 Å². The number of anilines is 1. The molecule has 9 nitrogen and oxygen atoms in total. The number of hydrogen-bond acceptors (Lipinski definition) is 8. The predicted molar refractivity (Wildman–Crippen MR) is 149 cm³/mol. The second-order valence-corrected chi connectivity index (χ2v) is 10.9. The van der Waals surface area contributed by atoms with Crippen molar-refractivity contribution >= 4 is 52.4 Å². The topological polar surface area (TPSA) is 118 Å². The van der Waals surface area contributed by atoms with Gasteiger partial charge in [0.1, 0.15) is 17.1 Å². The lowest BCUT2D eigenvalue weighted by Gasteiger charge is -2.49. The lowest BCUT2D eigenvalue weighted by Crippen LogP contribution is -2.70. The van der Waals surface area contributed by atoms with Gasteiger partial charge in [-0.15, -0.1) is 23.1 Å². The van der Waals surface area contributed by atoms with Gasteiger partial charge in [0.15, 0.2) is 11.2 Å². The van der Waals surface area contributed by atoms with Crippen molar-refractivity contribution in [3.05, 3.63) is 107 Å². The molecular weight excluding hydrogens is 536 g/mol. The highest BCUT2D eigenvalue weighted by molar-refractivity contribution is 8.00. The normalized spacial score (nSPS) is 18.2. The van der Waals surface area contributed by atoms with E-state index in [0.29, 0.717) is 27.7 Å². The van der Waals surface area contributed by atoms with Crippen molar-refractivity contribution in [2.75, 3.05) is 11.1 Å². The molecule has 3 amide bonds. The Bertz CT molecular complexity index is 1400. The molecular formula is C28H24N4O5S2. The Morgan fingerprint density at radius 1 is 1.13 bits per heavy atom. The highest BCUT2D eigenvalue weighted by atomic mass is 32.2. The molecule has 2 aromatic carbocycles. The van der Waals surface area contributed by atoms with E-state index in [4.69, 9.17) is 4.74 Å². The number of nitrogens with one attached hydrogen (secondary N) is 2. The minimum absolute atomic E-state index is 0.0118. The Balaban J connectivity index is 1.32. The standard InChI is InChI=1S/C28H24N4O5S2/c1-2-17-15-38-26-22(31-21(34)13-20-14-29-28(39-20)30-16-33)25(35)32(26)23(17)27(36)37-24(18-9-5-3-6-10-18)19-11-7-4-8-12-19/h2-12,14,16,22,24,26H,1,13,15H2,(H,31,34)(H,29,30,33)/t22?,26-/m0/s1. The molecule has 1 saturated heterocycles. The van der Waals surface area contributed by atoms with Crippen LogP contribution in [0.2, 0.25) is 0 Å². The second kappa shape index (κ2) is 11.7. The van der Waals surface area contributed by atoms with E-state index in [-0.39, 0.29) is 18.0 Å². The number of nitrogens with zero attached hydrogens (tertiary/aromatic N) is 2. The summed E-state index contributed by atoms with van der Waals surface area (Å²) in [4.78, 5) is 56.2. The lowest BCUT2D eigenvalue weighted by molar-refractivity contribution is -0.154. The number of thiazole rings is 1. The van der Waals surface area contributed by atoms with E-state index >= 15 is 0 Å². The van der Waals surface area contributed by atoms with Crippen LogP contribution in [-0.2, 0) is 30.3 Å². The average Bonchev–Trinajstić information content (AvgIpc) is 3.41. The fraction of sp³-hybridized carbons (Fsp3) is 0.179. The van der Waals surface area contributed by atoms with Gasteiger partial charge in [-0.25, -0.2) is 9.78 Å². The Hall–Kier alpha value is -4.22. The van der Waals surface area contributed by atoms with Gasteiger partial charge in [-0.2, -0.15) is 0 Å². The first kappa shape index (κ1) is 26.4. The third-order valence-electron chi connectivity index (χ3n) is 6.25. The average molecular weight is 561 g/mol. The number of rotatable bonds is 10. The number of thioether (sulfide) groups is 1. The summed E-state index contributed by atoms with van der Waals surface area (Å²) in [5.74, 6) is -0.946. The molecule has 11 heteroatoms. The maximum atomic E-state index is 13.6. The van der Waals surface area contributed by atoms with Crippen molar-refractivity contribution in [1.29, 1.82) is 0 Å². The Kier molecular flexibility index (Phi) is 7.89. The van der Waals surface area contributed by atoms with Crippen LogP contribution in [0.15, 0.2) is 90.8 Å². The molecule has 198 valence electrons. The summed E-state index contributed by atoms with van der Waals surface area (Å²) >= 11 is 2.62. The third-order valence-corrected chi connectivity index (χ3v) is 8.49. The van der Waals surface area contributed by atoms with Crippen molar-refractivity contribution in [3.8, 4) is 0 Å². The Morgan fingerprint density at radius 2 is 1.79 bits per heavy atom. The van der Waals surface area contributed by atoms with Crippen LogP contribution in [0.4, 0.5) is 5.13 Å². The van der Waals surface area contributed by atoms with Crippen LogP contribution in [0.1, 0.15) is 22.1 Å². The van der Waals surface area contributed by atoms with Crippen LogP contribution in [0.25, 0.3) is 0 Å². The van der Waals surface area contributed by atoms with E-state index < -0.39 is 29.4 Å². The number of ether oxygens (including phenoxy) is 1. The maximum absolute atomic E-state index is 13.6. The number of fused-ring (bicyclic) bond motifs is 1. The van der Waals surface area contributed by atoms with Gasteiger partial charge in [-0.3, -0.25) is 19.3 Å². The van der Waals surface area contributed by atoms with Gasteiger partial charge in [-0.05, 0) is 16.7 Å². The first-order valence-electron chi connectivity index (χ1n) is 12.1. The van der Waals surface area contributed by atoms with Crippen LogP contribution < -0.4 is 10.6 Å². The number of carbonyl (C=O) groups is 4. The highest BCUT2D eigenvalue weighted by Crippen LogP contribution is 2.42. The minimum Gasteiger partial charge on any atom is -0.448 e. The fourth-order valence-electron chi connectivity index (χ4n) is 4.42. The summed E-state index contributed by atoms with van der Waals surface area (Å²) in [6, 6.07) is 18.0. The number of carbonyl (C=O) groups excluding carboxylic acids is 4. The number of benzene rings is 2. The molecule has 39 heavy (non-hydrogen) atoms. The van der Waals surface area contributed by atoms with E-state index in [0.717, 1.165) is 11.1 Å². The molecule has 0 saturated carbocycles. The summed E-state index contributed by atoms with van der Waals surface area (Å²) in [5.41, 5.74) is 2.34. The van der Waals surface area contributed by atoms with Gasteiger partial charge in [0, 0.05) is 16.8 Å². The fourth-order valence-corrected chi connectivity index (χ4v) is 6.53. The zero-order valence-electron chi connectivity index (χ0n) is 20.6. The van der Waals surface area contributed by atoms with E-state index in [2.05, 4.69) is 22.2 Å². The predicted octanol–water partition coefficient (Wildman–Crippen LogP) is 3.43. The summed E-state index contributed by atoms with van der Waals surface area (Å²) in [7, 11) is 0. The molecule has 2 aliphatic heterocycles. The van der Waals surface area contributed by atoms with Gasteiger partial charge < -0.3 is 15.4 Å². The zero-order valence-corrected chi connectivity index (χ0v) is 22.2. The first-order chi connectivity index (χ1) is 19.0. The summed E-state index contributed by atoms with van der Waals surface area (Å²) in [6.45, 7) is 3.83. The molecule has 1 fully saturated rings. The molecule has 2 N–H and O–H groups in total. The molecule has 3 heterocycles. The van der Waals surface area contributed by atoms with Crippen LogP contribution in [0, 0.1) is 0 Å². The van der Waals surface area contributed by atoms with Crippen LogP contribution in [-0.4, -0.2) is 51.2 Å². The van der Waals surface area contributed by atoms with E-state index in [1.54, 1.807) is 6.08 Å². The van der Waals surface area contributed by atoms with Crippen LogP contribution >= 0.6 is 23.1 Å². The van der Waals surface area contributed by atoms with Gasteiger partial charge in [0.25, 0.3) is 5.91 Å². The molecule has 3 aromatic rings. The largest absolute Gasteiger partial charge is 0.448 e. The van der Waals surface area contributed by atoms with Crippen molar-refractivity contribution in [2.45, 2.75) is 23.9 Å². The summed E-state index contributed by atoms with van der Waals surface area (Å²) in [5, 5.41) is 5.15. The smallest absolute Gasteiger partial charge is 0.356 e. The van der Waals surface area contributed by atoms with E-state index in [1.807, 2.05) is 60.7 Å². The number of β-lactam (4-membered cyclic amide) rings is 1. The van der Waals surface area contributed by atoms with Crippen molar-refractivity contribution in [2.24, 2.45) is 0 Å². The number of allylic oxidation sites excluding steroid dienone is 1. The van der Waals surface area contributed by atoms with Gasteiger partial charge in [-0.1, -0.05) is 73.3 Å². The zero-order chi connectivity index (χ0) is 27.4. The van der Waals surface area contributed by atoms with E-state index in [1.165, 1.54) is 34.2 Å². The molecule has 5 rings (SSSR count). The molecule has 0 radical (unpaired) electrons. The van der Waals surface area contributed by atoms with Crippen molar-refractivity contribution in [3.63, 3.8) is 0 Å². The molecule has 1 unspecified atom stereocenters. The number of hydrogen-bond donors (Lipinski definition) is 2. The third kappa shape index (κ3) is 5.50. The molecule has 1 aromatic heterocycles. The number of esters is 1. The second-order valence-electron chi connectivity index (χ2n) is 8.71. The molecule has 0 bridgehead atoms. The lowest BCUT2D eigenvalue weighted by atomic mass is 10.0. The van der Waals surface area contributed by atoms with Crippen LogP contribution in [0.5, 0.6) is 0 Å². The summed E-state index contributed by atoms with van der Waals surface area (Å²) < 4.78 is 6.04. The molecule has 2 aliphatic rings. The van der Waals surface area contributed by atoms with Crippen molar-refractivity contribution < 1.29 is 23.9 Å². The minimum atomic E-state index is -0.781. The molecule has 2 atom stereocenters. The Morgan fingerprint density at radius 3 is 2.41 bits per heavy atom. The number of aromatic nitrogens is 1. The molecule has 0 spiro atoms. The quantitative estimate of drug-likeness (QED) is 0.222. The van der Waals surface area contributed by atoms with E-state index in [9.17, 15) is 19.2 Å². The van der Waals surface area contributed by atoms with Crippen LogP contribution in [0.3, 0.4) is 0 Å². The summed E-state index contributed by atoms with van der Waals surface area (Å²) in [6.07, 6.45) is 2.92. The SMILES string of the molecule is C=CC1=C(C(=O)OC(c2ccccc2)c2ccccc2)N2C(=O)C(NC(=O)Cc3cnc(NC=O)s3)[C@@H]2SC1. The monoisotopic (exact) mass is 560 g/mol. The van der Waals surface area contributed by atoms with Gasteiger partial charge >= 0.3 is 5.97 Å². The maximum Gasteiger partial charge on any atom is 0.356 e. The number of amides is 3. The Labute approximate surface area is 233 Å². The first-order valence-corrected chi connectivity index (χ1v) is 13.9. The van der Waals surface area contributed by atoms with Crippen molar-refractivity contribution in [1.82, 2.24) is 15.2 Å².